The SMILES string of the molecule is COc1ncc(-c2cc([C@H]3C[C@@H]3COC(C)C)c(Cl)nn2)c(OC)n1. The van der Waals surface area contributed by atoms with Gasteiger partial charge in [-0.3, -0.25) is 0 Å². The first-order valence-electron chi connectivity index (χ1n) is 8.13. The molecule has 0 saturated heterocycles. The lowest BCUT2D eigenvalue weighted by Gasteiger charge is -2.10. The maximum Gasteiger partial charge on any atom is 0.319 e. The minimum Gasteiger partial charge on any atom is -0.480 e. The van der Waals surface area contributed by atoms with Crippen LogP contribution in [0.25, 0.3) is 11.3 Å². The third-order valence-corrected chi connectivity index (χ3v) is 4.42. The van der Waals surface area contributed by atoms with Crippen molar-refractivity contribution >= 4 is 11.6 Å². The smallest absolute Gasteiger partial charge is 0.319 e. The Morgan fingerprint density at radius 3 is 2.72 bits per heavy atom. The number of halogens is 1. The molecular formula is C17H21ClN4O3. The second kappa shape index (κ2) is 7.49. The van der Waals surface area contributed by atoms with Crippen LogP contribution in [0.4, 0.5) is 0 Å². The summed E-state index contributed by atoms with van der Waals surface area (Å²) in [5.41, 5.74) is 2.24. The fourth-order valence-electron chi connectivity index (χ4n) is 2.69. The number of methoxy groups -OCH3 is 2. The molecule has 1 aliphatic rings. The van der Waals surface area contributed by atoms with Gasteiger partial charge in [-0.1, -0.05) is 11.6 Å². The molecule has 0 aromatic carbocycles. The molecule has 2 atom stereocenters. The molecule has 3 rings (SSSR count). The highest BCUT2D eigenvalue weighted by molar-refractivity contribution is 6.30. The van der Waals surface area contributed by atoms with E-state index in [0.717, 1.165) is 18.6 Å². The van der Waals surface area contributed by atoms with E-state index in [4.69, 9.17) is 25.8 Å². The number of rotatable bonds is 7. The minimum atomic E-state index is 0.226. The van der Waals surface area contributed by atoms with Crippen LogP contribution in [0.5, 0.6) is 11.9 Å². The lowest BCUT2D eigenvalue weighted by atomic mass is 10.1. The largest absolute Gasteiger partial charge is 0.480 e. The first-order chi connectivity index (χ1) is 12.0. The summed E-state index contributed by atoms with van der Waals surface area (Å²) in [4.78, 5) is 8.31. The summed E-state index contributed by atoms with van der Waals surface area (Å²) in [6.07, 6.45) is 2.87. The van der Waals surface area contributed by atoms with Gasteiger partial charge in [-0.15, -0.1) is 10.2 Å². The zero-order valence-electron chi connectivity index (χ0n) is 14.7. The molecule has 0 aliphatic heterocycles. The van der Waals surface area contributed by atoms with Gasteiger partial charge in [-0.05, 0) is 43.7 Å². The van der Waals surface area contributed by atoms with Gasteiger partial charge in [-0.25, -0.2) is 4.98 Å². The van der Waals surface area contributed by atoms with Gasteiger partial charge in [0.2, 0.25) is 5.88 Å². The highest BCUT2D eigenvalue weighted by Crippen LogP contribution is 2.50. The predicted octanol–water partition coefficient (Wildman–Crippen LogP) is 3.13. The number of aromatic nitrogens is 4. The van der Waals surface area contributed by atoms with E-state index in [9.17, 15) is 0 Å². The topological polar surface area (TPSA) is 79.2 Å². The van der Waals surface area contributed by atoms with E-state index in [1.807, 2.05) is 19.9 Å². The summed E-state index contributed by atoms with van der Waals surface area (Å²) in [6.45, 7) is 4.80. The Kier molecular flexibility index (Phi) is 5.34. The molecule has 0 amide bonds. The average Bonchev–Trinajstić information content (AvgIpc) is 3.39. The predicted molar refractivity (Wildman–Crippen MR) is 93.1 cm³/mol. The zero-order chi connectivity index (χ0) is 18.0. The van der Waals surface area contributed by atoms with Crippen LogP contribution in [0.1, 0.15) is 31.7 Å². The van der Waals surface area contributed by atoms with Crippen LogP contribution in [0.2, 0.25) is 5.15 Å². The summed E-state index contributed by atoms with van der Waals surface area (Å²) in [5, 5.41) is 8.69. The first-order valence-corrected chi connectivity index (χ1v) is 8.51. The normalized spacial score (nSPS) is 19.1. The van der Waals surface area contributed by atoms with Crippen molar-refractivity contribution < 1.29 is 14.2 Å². The molecule has 1 fully saturated rings. The maximum atomic E-state index is 6.27. The van der Waals surface area contributed by atoms with E-state index in [2.05, 4.69) is 20.2 Å². The maximum absolute atomic E-state index is 6.27. The molecule has 7 nitrogen and oxygen atoms in total. The summed E-state index contributed by atoms with van der Waals surface area (Å²) in [5.74, 6) is 1.18. The van der Waals surface area contributed by atoms with Crippen LogP contribution in [-0.4, -0.2) is 47.1 Å². The van der Waals surface area contributed by atoms with Crippen LogP contribution < -0.4 is 9.47 Å². The standard InChI is InChI=1S/C17H21ClN4O3/c1-9(2)25-8-10-5-11(10)12-6-14(21-22-15(12)18)13-7-19-17(24-4)20-16(13)23-3/h6-7,9-11H,5,8H2,1-4H3/t10-,11+/m1/s1. The highest BCUT2D eigenvalue weighted by Gasteiger charge is 2.40. The molecule has 25 heavy (non-hydrogen) atoms. The second-order valence-corrected chi connectivity index (χ2v) is 6.60. The quantitative estimate of drug-likeness (QED) is 0.746. The van der Waals surface area contributed by atoms with Crippen molar-refractivity contribution in [2.24, 2.45) is 5.92 Å². The van der Waals surface area contributed by atoms with E-state index >= 15 is 0 Å². The third-order valence-electron chi connectivity index (χ3n) is 4.13. The molecule has 0 unspecified atom stereocenters. The molecule has 1 aliphatic carbocycles. The summed E-state index contributed by atoms with van der Waals surface area (Å²) < 4.78 is 16.0. The fraction of sp³-hybridized carbons (Fsp3) is 0.529. The average molecular weight is 365 g/mol. The molecule has 1 saturated carbocycles. The van der Waals surface area contributed by atoms with Crippen molar-refractivity contribution in [2.75, 3.05) is 20.8 Å². The van der Waals surface area contributed by atoms with Gasteiger partial charge in [0.25, 0.3) is 0 Å². The lowest BCUT2D eigenvalue weighted by Crippen LogP contribution is -2.06. The Morgan fingerprint density at radius 2 is 2.04 bits per heavy atom. The molecule has 0 radical (unpaired) electrons. The van der Waals surface area contributed by atoms with Crippen molar-refractivity contribution in [3.63, 3.8) is 0 Å². The molecule has 0 N–H and O–H groups in total. The van der Waals surface area contributed by atoms with Crippen LogP contribution in [0.15, 0.2) is 12.3 Å². The van der Waals surface area contributed by atoms with Gasteiger partial charge in [0, 0.05) is 6.20 Å². The van der Waals surface area contributed by atoms with E-state index in [1.54, 1.807) is 6.20 Å². The van der Waals surface area contributed by atoms with Gasteiger partial charge >= 0.3 is 6.01 Å². The Bertz CT molecular complexity index is 757. The van der Waals surface area contributed by atoms with Crippen LogP contribution in [-0.2, 0) is 4.74 Å². The second-order valence-electron chi connectivity index (χ2n) is 6.24. The molecule has 2 aromatic rings. The first kappa shape index (κ1) is 17.8. The van der Waals surface area contributed by atoms with Crippen LogP contribution in [0, 0.1) is 5.92 Å². The van der Waals surface area contributed by atoms with Crippen molar-refractivity contribution in [2.45, 2.75) is 32.3 Å². The van der Waals surface area contributed by atoms with Gasteiger partial charge in [-0.2, -0.15) is 4.98 Å². The Hall–Kier alpha value is -1.99. The monoisotopic (exact) mass is 364 g/mol. The third kappa shape index (κ3) is 3.99. The highest BCUT2D eigenvalue weighted by atomic mass is 35.5. The van der Waals surface area contributed by atoms with E-state index in [-0.39, 0.29) is 12.1 Å². The van der Waals surface area contributed by atoms with E-state index in [1.165, 1.54) is 14.2 Å². The van der Waals surface area contributed by atoms with Crippen molar-refractivity contribution in [1.82, 2.24) is 20.2 Å². The Labute approximate surface area is 151 Å². The summed E-state index contributed by atoms with van der Waals surface area (Å²) in [6, 6.07) is 2.17. The number of nitrogens with zero attached hydrogens (tertiary/aromatic N) is 4. The minimum absolute atomic E-state index is 0.226. The fourth-order valence-corrected chi connectivity index (χ4v) is 2.92. The summed E-state index contributed by atoms with van der Waals surface area (Å²) in [7, 11) is 3.04. The molecule has 2 aromatic heterocycles. The zero-order valence-corrected chi connectivity index (χ0v) is 15.4. The molecular weight excluding hydrogens is 344 g/mol. The molecule has 0 spiro atoms. The van der Waals surface area contributed by atoms with Crippen molar-refractivity contribution in [3.8, 4) is 23.1 Å². The van der Waals surface area contributed by atoms with E-state index in [0.29, 0.717) is 34.1 Å². The molecule has 2 heterocycles. The Morgan fingerprint density at radius 1 is 1.24 bits per heavy atom. The van der Waals surface area contributed by atoms with Crippen LogP contribution >= 0.6 is 11.6 Å². The van der Waals surface area contributed by atoms with Crippen LogP contribution in [0.3, 0.4) is 0 Å². The van der Waals surface area contributed by atoms with Gasteiger partial charge < -0.3 is 14.2 Å². The van der Waals surface area contributed by atoms with Gasteiger partial charge in [0.1, 0.15) is 5.69 Å². The van der Waals surface area contributed by atoms with Crippen molar-refractivity contribution in [3.05, 3.63) is 23.0 Å². The molecule has 0 bridgehead atoms. The Balaban J connectivity index is 1.86. The number of hydrogen-bond acceptors (Lipinski definition) is 7. The van der Waals surface area contributed by atoms with Gasteiger partial charge in [0.15, 0.2) is 5.15 Å². The van der Waals surface area contributed by atoms with E-state index < -0.39 is 0 Å². The molecule has 134 valence electrons. The molecule has 8 heteroatoms. The lowest BCUT2D eigenvalue weighted by molar-refractivity contribution is 0.0697. The summed E-state index contributed by atoms with van der Waals surface area (Å²) >= 11 is 6.27. The number of hydrogen-bond donors (Lipinski definition) is 0. The van der Waals surface area contributed by atoms with Gasteiger partial charge in [0.05, 0.1) is 32.5 Å². The number of ether oxygens (including phenoxy) is 3. The van der Waals surface area contributed by atoms with Crippen molar-refractivity contribution in [1.29, 1.82) is 0 Å².